The van der Waals surface area contributed by atoms with Crippen molar-refractivity contribution in [1.82, 2.24) is 15.3 Å². The van der Waals surface area contributed by atoms with E-state index in [-0.39, 0.29) is 11.8 Å². The molecule has 8 heteroatoms. The number of hydrogen-bond acceptors (Lipinski definition) is 7. The number of aromatic nitrogens is 2. The molecule has 2 aliphatic heterocycles. The molecule has 2 aromatic carbocycles. The first-order valence-corrected chi connectivity index (χ1v) is 12.7. The Hall–Kier alpha value is -3.65. The average Bonchev–Trinajstić information content (AvgIpc) is 2.93. The fourth-order valence-electron chi connectivity index (χ4n) is 4.73. The van der Waals surface area contributed by atoms with Gasteiger partial charge in [-0.2, -0.15) is 0 Å². The predicted octanol–water partition coefficient (Wildman–Crippen LogP) is 3.95. The van der Waals surface area contributed by atoms with Gasteiger partial charge in [0.1, 0.15) is 5.75 Å². The number of carbonyl (C=O) groups excluding carboxylic acids is 1. The number of hydrogen-bond donors (Lipinski definition) is 1. The fourth-order valence-corrected chi connectivity index (χ4v) is 4.73. The number of piperidine rings is 1. The first-order chi connectivity index (χ1) is 17.7. The number of nitrogens with one attached hydrogen (secondary N) is 1. The van der Waals surface area contributed by atoms with Gasteiger partial charge < -0.3 is 24.6 Å². The molecule has 3 aromatic rings. The Labute approximate surface area is 212 Å². The quantitative estimate of drug-likeness (QED) is 0.541. The number of ether oxygens (including phenoxy) is 2. The summed E-state index contributed by atoms with van der Waals surface area (Å²) in [6, 6.07) is 16.3. The van der Waals surface area contributed by atoms with E-state index in [1.54, 1.807) is 12.4 Å². The van der Waals surface area contributed by atoms with Crippen molar-refractivity contribution in [1.29, 1.82) is 0 Å². The maximum atomic E-state index is 12.9. The van der Waals surface area contributed by atoms with Crippen LogP contribution in [0, 0.1) is 12.8 Å². The number of morpholine rings is 1. The summed E-state index contributed by atoms with van der Waals surface area (Å²) in [7, 11) is 0. The molecule has 0 spiro atoms. The van der Waals surface area contributed by atoms with Gasteiger partial charge in [0.05, 0.1) is 13.2 Å². The van der Waals surface area contributed by atoms with Gasteiger partial charge in [-0.25, -0.2) is 9.97 Å². The van der Waals surface area contributed by atoms with Crippen molar-refractivity contribution in [3.05, 3.63) is 72.1 Å². The Kier molecular flexibility index (Phi) is 7.61. The number of nitrogens with zero attached hydrogens (tertiary/aromatic N) is 4. The molecule has 1 amide bonds. The van der Waals surface area contributed by atoms with Crippen LogP contribution in [0.2, 0.25) is 0 Å². The minimum atomic E-state index is -0.00770. The molecule has 2 fully saturated rings. The molecule has 3 heterocycles. The number of anilines is 2. The fraction of sp³-hybridized carbons (Fsp3) is 0.393. The zero-order chi connectivity index (χ0) is 24.7. The maximum Gasteiger partial charge on any atom is 0.263 e. The molecule has 0 saturated carbocycles. The summed E-state index contributed by atoms with van der Waals surface area (Å²) in [5.74, 6) is 2.06. The van der Waals surface area contributed by atoms with Crippen LogP contribution >= 0.6 is 0 Å². The average molecular weight is 488 g/mol. The highest BCUT2D eigenvalue weighted by atomic mass is 16.5. The van der Waals surface area contributed by atoms with Crippen LogP contribution < -0.4 is 19.9 Å². The Balaban J connectivity index is 1.12. The first kappa shape index (κ1) is 24.1. The highest BCUT2D eigenvalue weighted by Gasteiger charge is 2.27. The number of rotatable bonds is 7. The number of carbonyl (C=O) groups is 1. The normalized spacial score (nSPS) is 16.6. The Morgan fingerprint density at radius 2 is 1.75 bits per heavy atom. The van der Waals surface area contributed by atoms with E-state index < -0.39 is 0 Å². The van der Waals surface area contributed by atoms with E-state index in [1.807, 2.05) is 31.2 Å². The van der Waals surface area contributed by atoms with E-state index in [0.29, 0.717) is 12.4 Å². The summed E-state index contributed by atoms with van der Waals surface area (Å²) in [5, 5.41) is 3.13. The first-order valence-electron chi connectivity index (χ1n) is 12.7. The molecule has 2 aliphatic rings. The van der Waals surface area contributed by atoms with Gasteiger partial charge in [0.15, 0.2) is 5.82 Å². The third-order valence-corrected chi connectivity index (χ3v) is 6.80. The zero-order valence-corrected chi connectivity index (χ0v) is 20.7. The lowest BCUT2D eigenvalue weighted by Crippen LogP contribution is -2.40. The van der Waals surface area contributed by atoms with Gasteiger partial charge in [0.2, 0.25) is 5.91 Å². The summed E-state index contributed by atoms with van der Waals surface area (Å²) in [6.07, 6.45) is 4.86. The van der Waals surface area contributed by atoms with E-state index >= 15 is 0 Å². The molecule has 36 heavy (non-hydrogen) atoms. The zero-order valence-electron chi connectivity index (χ0n) is 20.7. The molecule has 0 atom stereocenters. The molecule has 0 bridgehead atoms. The van der Waals surface area contributed by atoms with Crippen LogP contribution in [0.5, 0.6) is 11.6 Å². The summed E-state index contributed by atoms with van der Waals surface area (Å²) >= 11 is 0. The third kappa shape index (κ3) is 5.94. The standard InChI is InChI=1S/C28H33N5O3/c1-21-3-2-4-25(19-21)36-28-26(29-11-12-30-28)33-13-9-23(10-14-33)27(34)31-20-22-5-7-24(8-6-22)32-15-17-35-18-16-32/h2-8,11-12,19,23H,9-10,13-18,20H2,1H3,(H,31,34). The van der Waals surface area contributed by atoms with Gasteiger partial charge in [-0.15, -0.1) is 0 Å². The van der Waals surface area contributed by atoms with Crippen molar-refractivity contribution >= 4 is 17.4 Å². The summed E-state index contributed by atoms with van der Waals surface area (Å²) in [4.78, 5) is 26.3. The van der Waals surface area contributed by atoms with Crippen LogP contribution in [-0.2, 0) is 16.1 Å². The molecule has 0 aliphatic carbocycles. The molecule has 8 nitrogen and oxygen atoms in total. The second kappa shape index (κ2) is 11.4. The minimum absolute atomic E-state index is 0.00770. The van der Waals surface area contributed by atoms with Crippen LogP contribution in [0.1, 0.15) is 24.0 Å². The van der Waals surface area contributed by atoms with E-state index in [1.165, 1.54) is 5.69 Å². The van der Waals surface area contributed by atoms with Gasteiger partial charge in [0, 0.05) is 56.7 Å². The van der Waals surface area contributed by atoms with Crippen molar-refractivity contribution in [2.45, 2.75) is 26.3 Å². The summed E-state index contributed by atoms with van der Waals surface area (Å²) in [6.45, 7) is 7.42. The Morgan fingerprint density at radius 1 is 1.00 bits per heavy atom. The number of aryl methyl sites for hydroxylation is 1. The SMILES string of the molecule is Cc1cccc(Oc2nccnc2N2CCC(C(=O)NCc3ccc(N4CCOCC4)cc3)CC2)c1. The van der Waals surface area contributed by atoms with E-state index in [0.717, 1.165) is 74.9 Å². The lowest BCUT2D eigenvalue weighted by atomic mass is 9.96. The van der Waals surface area contributed by atoms with Gasteiger partial charge in [-0.05, 0) is 55.2 Å². The lowest BCUT2D eigenvalue weighted by Gasteiger charge is -2.32. The largest absolute Gasteiger partial charge is 0.436 e. The van der Waals surface area contributed by atoms with Crippen LogP contribution in [0.3, 0.4) is 0 Å². The monoisotopic (exact) mass is 487 g/mol. The molecular weight excluding hydrogens is 454 g/mol. The van der Waals surface area contributed by atoms with E-state index in [9.17, 15) is 4.79 Å². The highest BCUT2D eigenvalue weighted by molar-refractivity contribution is 5.79. The molecule has 0 unspecified atom stereocenters. The highest BCUT2D eigenvalue weighted by Crippen LogP contribution is 2.31. The number of benzene rings is 2. The molecule has 1 aromatic heterocycles. The Morgan fingerprint density at radius 3 is 2.50 bits per heavy atom. The van der Waals surface area contributed by atoms with Crippen LogP contribution in [-0.4, -0.2) is 55.3 Å². The van der Waals surface area contributed by atoms with Crippen molar-refractivity contribution in [2.75, 3.05) is 49.2 Å². The van der Waals surface area contributed by atoms with Crippen molar-refractivity contribution in [2.24, 2.45) is 5.92 Å². The van der Waals surface area contributed by atoms with E-state index in [4.69, 9.17) is 9.47 Å². The molecule has 1 N–H and O–H groups in total. The van der Waals surface area contributed by atoms with Crippen molar-refractivity contribution in [3.8, 4) is 11.6 Å². The Bertz CT molecular complexity index is 1160. The summed E-state index contributed by atoms with van der Waals surface area (Å²) in [5.41, 5.74) is 3.43. The topological polar surface area (TPSA) is 79.8 Å². The smallest absolute Gasteiger partial charge is 0.263 e. The molecular formula is C28H33N5O3. The number of amides is 1. The maximum absolute atomic E-state index is 12.9. The van der Waals surface area contributed by atoms with Gasteiger partial charge in [0.25, 0.3) is 5.88 Å². The second-order valence-corrected chi connectivity index (χ2v) is 9.35. The van der Waals surface area contributed by atoms with Crippen LogP contribution in [0.25, 0.3) is 0 Å². The predicted molar refractivity (Wildman–Crippen MR) is 140 cm³/mol. The molecule has 0 radical (unpaired) electrons. The lowest BCUT2D eigenvalue weighted by molar-refractivity contribution is -0.125. The third-order valence-electron chi connectivity index (χ3n) is 6.80. The second-order valence-electron chi connectivity index (χ2n) is 9.35. The summed E-state index contributed by atoms with van der Waals surface area (Å²) < 4.78 is 11.5. The van der Waals surface area contributed by atoms with Gasteiger partial charge in [-0.1, -0.05) is 24.3 Å². The van der Waals surface area contributed by atoms with Crippen molar-refractivity contribution < 1.29 is 14.3 Å². The van der Waals surface area contributed by atoms with Gasteiger partial charge in [-0.3, -0.25) is 4.79 Å². The van der Waals surface area contributed by atoms with Gasteiger partial charge >= 0.3 is 0 Å². The molecule has 2 saturated heterocycles. The van der Waals surface area contributed by atoms with Crippen LogP contribution in [0.4, 0.5) is 11.5 Å². The van der Waals surface area contributed by atoms with E-state index in [2.05, 4.69) is 49.4 Å². The molecule has 5 rings (SSSR count). The molecule has 188 valence electrons. The minimum Gasteiger partial charge on any atom is -0.436 e. The van der Waals surface area contributed by atoms with Crippen molar-refractivity contribution in [3.63, 3.8) is 0 Å². The van der Waals surface area contributed by atoms with Crippen LogP contribution in [0.15, 0.2) is 60.9 Å².